The van der Waals surface area contributed by atoms with Gasteiger partial charge >= 0.3 is 7.12 Å². The summed E-state index contributed by atoms with van der Waals surface area (Å²) in [5.74, 6) is -0.225. The molecular formula is C17H25BFNO2. The quantitative estimate of drug-likeness (QED) is 0.870. The minimum atomic E-state index is -0.473. The molecule has 1 aromatic carbocycles. The van der Waals surface area contributed by atoms with E-state index in [0.717, 1.165) is 22.2 Å². The Kier molecular flexibility index (Phi) is 4.53. The average Bonchev–Trinajstić information content (AvgIpc) is 2.57. The molecule has 1 fully saturated rings. The fourth-order valence-corrected chi connectivity index (χ4v) is 2.55. The van der Waals surface area contributed by atoms with Crippen LogP contribution in [0.1, 0.15) is 44.4 Å². The largest absolute Gasteiger partial charge is 0.491 e. The highest BCUT2D eigenvalue weighted by Crippen LogP contribution is 2.38. The Morgan fingerprint density at radius 1 is 1.14 bits per heavy atom. The van der Waals surface area contributed by atoms with E-state index < -0.39 is 18.3 Å². The molecule has 0 spiro atoms. The topological polar surface area (TPSA) is 44.5 Å². The van der Waals surface area contributed by atoms with Gasteiger partial charge in [-0.25, -0.2) is 4.39 Å². The second kappa shape index (κ2) is 5.80. The maximum atomic E-state index is 13.4. The van der Waals surface area contributed by atoms with E-state index in [2.05, 4.69) is 0 Å². The first-order valence-electron chi connectivity index (χ1n) is 7.60. The highest BCUT2D eigenvalue weighted by Gasteiger charge is 2.52. The molecule has 3 nitrogen and oxygen atoms in total. The average molecular weight is 305 g/mol. The Labute approximate surface area is 132 Å². The fraction of sp³-hybridized carbons (Fsp3) is 0.529. The molecule has 22 heavy (non-hydrogen) atoms. The summed E-state index contributed by atoms with van der Waals surface area (Å²) in [5, 5.41) is 0. The zero-order valence-electron chi connectivity index (χ0n) is 14.3. The van der Waals surface area contributed by atoms with Crippen molar-refractivity contribution >= 4 is 13.2 Å². The summed E-state index contributed by atoms with van der Waals surface area (Å²) in [7, 11) is -0.473. The molecule has 1 aromatic rings. The third kappa shape index (κ3) is 3.12. The molecule has 5 heteroatoms. The highest BCUT2D eigenvalue weighted by molar-refractivity contribution is 6.55. The van der Waals surface area contributed by atoms with Crippen molar-refractivity contribution < 1.29 is 13.7 Å². The van der Waals surface area contributed by atoms with E-state index in [4.69, 9.17) is 15.0 Å². The number of halogens is 1. The van der Waals surface area contributed by atoms with Gasteiger partial charge in [-0.15, -0.1) is 0 Å². The summed E-state index contributed by atoms with van der Waals surface area (Å²) in [4.78, 5) is 0. The van der Waals surface area contributed by atoms with Gasteiger partial charge in [-0.3, -0.25) is 0 Å². The molecule has 1 aliphatic heterocycles. The summed E-state index contributed by atoms with van der Waals surface area (Å²) in [6.07, 6.45) is 1.96. The molecule has 0 amide bonds. The van der Waals surface area contributed by atoms with Crippen LogP contribution >= 0.6 is 0 Å². The van der Waals surface area contributed by atoms with Crippen LogP contribution in [0.3, 0.4) is 0 Å². The molecule has 2 N–H and O–H groups in total. The molecule has 0 aliphatic carbocycles. The molecule has 1 saturated heterocycles. The van der Waals surface area contributed by atoms with Crippen LogP contribution in [0.4, 0.5) is 4.39 Å². The van der Waals surface area contributed by atoms with Crippen molar-refractivity contribution in [1.29, 1.82) is 0 Å². The Balaban J connectivity index is 2.38. The highest BCUT2D eigenvalue weighted by atomic mass is 19.1. The van der Waals surface area contributed by atoms with Crippen molar-refractivity contribution in [2.24, 2.45) is 5.73 Å². The van der Waals surface area contributed by atoms with Crippen LogP contribution in [-0.4, -0.2) is 24.9 Å². The van der Waals surface area contributed by atoms with Crippen LogP contribution in [-0.2, 0) is 9.31 Å². The van der Waals surface area contributed by atoms with E-state index in [1.54, 1.807) is 0 Å². The molecule has 2 rings (SSSR count). The number of aryl methyl sites for hydroxylation is 2. The first kappa shape index (κ1) is 17.2. The minimum absolute atomic E-state index is 0.225. The van der Waals surface area contributed by atoms with E-state index in [1.165, 1.54) is 12.1 Å². The SMILES string of the molecule is Cc1cc(F)cc(C)c1C=C(CN)B1OC(C)(C)C(C)(C)O1. The van der Waals surface area contributed by atoms with Crippen LogP contribution in [0, 0.1) is 19.7 Å². The maximum absolute atomic E-state index is 13.4. The van der Waals surface area contributed by atoms with E-state index in [0.29, 0.717) is 6.54 Å². The molecular weight excluding hydrogens is 280 g/mol. The predicted octanol–water partition coefficient (Wildman–Crippen LogP) is 3.42. The zero-order chi connectivity index (χ0) is 16.7. The lowest BCUT2D eigenvalue weighted by Gasteiger charge is -2.32. The van der Waals surface area contributed by atoms with Crippen molar-refractivity contribution in [1.82, 2.24) is 0 Å². The zero-order valence-corrected chi connectivity index (χ0v) is 14.3. The Bertz CT molecular complexity index is 572. The van der Waals surface area contributed by atoms with Gasteiger partial charge in [-0.2, -0.15) is 0 Å². The van der Waals surface area contributed by atoms with Crippen LogP contribution in [0.5, 0.6) is 0 Å². The van der Waals surface area contributed by atoms with Crippen molar-refractivity contribution in [3.8, 4) is 0 Å². The van der Waals surface area contributed by atoms with Crippen LogP contribution in [0.15, 0.2) is 17.6 Å². The van der Waals surface area contributed by atoms with Gasteiger partial charge in [0.1, 0.15) is 5.82 Å². The second-order valence-corrected chi connectivity index (χ2v) is 6.96. The lowest BCUT2D eigenvalue weighted by Crippen LogP contribution is -2.41. The van der Waals surface area contributed by atoms with Gasteiger partial charge in [0.05, 0.1) is 11.2 Å². The maximum Gasteiger partial charge on any atom is 0.491 e. The summed E-state index contributed by atoms with van der Waals surface area (Å²) in [6.45, 7) is 12.1. The predicted molar refractivity (Wildman–Crippen MR) is 89.0 cm³/mol. The molecule has 1 aliphatic rings. The van der Waals surface area contributed by atoms with Gasteiger partial charge in [0.2, 0.25) is 0 Å². The van der Waals surface area contributed by atoms with Crippen LogP contribution in [0.25, 0.3) is 6.08 Å². The van der Waals surface area contributed by atoms with E-state index in [9.17, 15) is 4.39 Å². The van der Waals surface area contributed by atoms with Gasteiger partial charge < -0.3 is 15.0 Å². The first-order valence-corrected chi connectivity index (χ1v) is 7.60. The molecule has 0 bridgehead atoms. The van der Waals surface area contributed by atoms with Gasteiger partial charge in [0.25, 0.3) is 0 Å². The standard InChI is InChI=1S/C17H25BFNO2/c1-11-7-14(19)8-12(2)15(11)9-13(10-20)18-21-16(3,4)17(5,6)22-18/h7-9H,10,20H2,1-6H3. The summed E-state index contributed by atoms with van der Waals surface area (Å²) in [5.41, 5.74) is 8.67. The van der Waals surface area contributed by atoms with E-state index in [-0.39, 0.29) is 5.82 Å². The number of hydrogen-bond donors (Lipinski definition) is 1. The second-order valence-electron chi connectivity index (χ2n) is 6.96. The molecule has 120 valence electrons. The monoisotopic (exact) mass is 305 g/mol. The first-order chi connectivity index (χ1) is 10.1. The Hall–Kier alpha value is -1.17. The van der Waals surface area contributed by atoms with Crippen molar-refractivity contribution in [3.63, 3.8) is 0 Å². The fourth-order valence-electron chi connectivity index (χ4n) is 2.55. The third-order valence-electron chi connectivity index (χ3n) is 4.68. The number of hydrogen-bond acceptors (Lipinski definition) is 3. The summed E-state index contributed by atoms with van der Waals surface area (Å²) >= 11 is 0. The smallest absolute Gasteiger partial charge is 0.400 e. The molecule has 0 aromatic heterocycles. The van der Waals surface area contributed by atoms with E-state index in [1.807, 2.05) is 47.6 Å². The molecule has 0 saturated carbocycles. The third-order valence-corrected chi connectivity index (χ3v) is 4.68. The number of nitrogens with two attached hydrogens (primary N) is 1. The van der Waals surface area contributed by atoms with Gasteiger partial charge in [-0.05, 0) is 75.8 Å². The Morgan fingerprint density at radius 2 is 1.59 bits per heavy atom. The van der Waals surface area contributed by atoms with Crippen molar-refractivity contribution in [2.75, 3.05) is 6.54 Å². The Morgan fingerprint density at radius 3 is 2.00 bits per heavy atom. The van der Waals surface area contributed by atoms with Gasteiger partial charge in [0, 0.05) is 6.54 Å². The lowest BCUT2D eigenvalue weighted by molar-refractivity contribution is 0.00578. The number of rotatable bonds is 3. The number of benzene rings is 1. The van der Waals surface area contributed by atoms with Gasteiger partial charge in [0.15, 0.2) is 0 Å². The van der Waals surface area contributed by atoms with Gasteiger partial charge in [-0.1, -0.05) is 6.08 Å². The molecule has 0 radical (unpaired) electrons. The molecule has 1 heterocycles. The van der Waals surface area contributed by atoms with Crippen molar-refractivity contribution in [3.05, 3.63) is 40.1 Å². The molecule has 0 unspecified atom stereocenters. The summed E-state index contributed by atoms with van der Waals surface area (Å²) in [6, 6.07) is 3.05. The van der Waals surface area contributed by atoms with Crippen LogP contribution < -0.4 is 5.73 Å². The lowest BCUT2D eigenvalue weighted by atomic mass is 9.76. The van der Waals surface area contributed by atoms with E-state index >= 15 is 0 Å². The van der Waals surface area contributed by atoms with Crippen LogP contribution in [0.2, 0.25) is 0 Å². The molecule has 0 atom stereocenters. The minimum Gasteiger partial charge on any atom is -0.400 e. The van der Waals surface area contributed by atoms with Crippen molar-refractivity contribution in [2.45, 2.75) is 52.7 Å². The summed E-state index contributed by atoms with van der Waals surface area (Å²) < 4.78 is 25.5. The normalized spacial score (nSPS) is 20.5.